The molecule has 8 heteroatoms. The highest BCUT2D eigenvalue weighted by Gasteiger charge is 2.30. The van der Waals surface area contributed by atoms with Crippen LogP contribution in [-0.4, -0.2) is 73.7 Å². The monoisotopic (exact) mass is 396 g/mol. The Hall–Kier alpha value is -2.76. The Kier molecular flexibility index (Phi) is 6.62. The van der Waals surface area contributed by atoms with E-state index in [4.69, 9.17) is 0 Å². The van der Waals surface area contributed by atoms with Crippen molar-refractivity contribution in [1.82, 2.24) is 10.2 Å². The van der Waals surface area contributed by atoms with Crippen LogP contribution >= 0.6 is 0 Å². The number of nitrogens with zero attached hydrogens (tertiary/aromatic N) is 5. The summed E-state index contributed by atoms with van der Waals surface area (Å²) in [6.45, 7) is 10.6. The summed E-state index contributed by atoms with van der Waals surface area (Å²) in [5.74, 6) is 0.362. The van der Waals surface area contributed by atoms with Gasteiger partial charge in [0.15, 0.2) is 0 Å². The fourth-order valence-corrected chi connectivity index (χ4v) is 4.13. The molecule has 0 aromatic heterocycles. The van der Waals surface area contributed by atoms with E-state index in [0.717, 1.165) is 18.7 Å². The molecule has 0 aliphatic carbocycles. The minimum Gasteiger partial charge on any atom is -0.390 e. The molecule has 2 aliphatic rings. The third-order valence-corrected chi connectivity index (χ3v) is 5.34. The SMILES string of the molecule is C=Nc1c(N2C[C@@H](C)C[C@@H](NC(=O)CN3CC(O)C3)C2)ccc(C#N)c1/N=C\C. The maximum absolute atomic E-state index is 12.4. The number of anilines is 1. The van der Waals surface area contributed by atoms with Gasteiger partial charge in [-0.3, -0.25) is 19.7 Å². The first-order valence-corrected chi connectivity index (χ1v) is 9.92. The zero-order chi connectivity index (χ0) is 21.0. The van der Waals surface area contributed by atoms with Crippen molar-refractivity contribution in [2.75, 3.05) is 37.6 Å². The van der Waals surface area contributed by atoms with E-state index in [-0.39, 0.29) is 18.1 Å². The van der Waals surface area contributed by atoms with E-state index in [2.05, 4.69) is 39.9 Å². The van der Waals surface area contributed by atoms with Crippen molar-refractivity contribution in [1.29, 1.82) is 5.26 Å². The summed E-state index contributed by atoms with van der Waals surface area (Å²) in [4.78, 5) is 25.0. The minimum absolute atomic E-state index is 0.0175. The fourth-order valence-electron chi connectivity index (χ4n) is 4.13. The number of benzene rings is 1. The van der Waals surface area contributed by atoms with Crippen LogP contribution in [0.5, 0.6) is 0 Å². The molecule has 2 atom stereocenters. The average molecular weight is 396 g/mol. The maximum atomic E-state index is 12.4. The number of likely N-dealkylation sites (tertiary alicyclic amines) is 1. The normalized spacial score (nSPS) is 22.9. The number of aliphatic hydroxyl groups is 1. The molecule has 1 aromatic rings. The summed E-state index contributed by atoms with van der Waals surface area (Å²) in [7, 11) is 0. The molecule has 2 fully saturated rings. The topological polar surface area (TPSA) is 104 Å². The van der Waals surface area contributed by atoms with Gasteiger partial charge >= 0.3 is 0 Å². The predicted molar refractivity (Wildman–Crippen MR) is 115 cm³/mol. The molecule has 0 bridgehead atoms. The zero-order valence-corrected chi connectivity index (χ0v) is 17.0. The number of nitriles is 1. The lowest BCUT2D eigenvalue weighted by Gasteiger charge is -2.40. The zero-order valence-electron chi connectivity index (χ0n) is 17.0. The highest BCUT2D eigenvalue weighted by Crippen LogP contribution is 2.41. The Bertz CT molecular complexity index is 840. The second kappa shape index (κ2) is 9.16. The Morgan fingerprint density at radius 3 is 2.76 bits per heavy atom. The van der Waals surface area contributed by atoms with Crippen LogP contribution in [0.25, 0.3) is 0 Å². The van der Waals surface area contributed by atoms with E-state index >= 15 is 0 Å². The van der Waals surface area contributed by atoms with Crippen LogP contribution in [0.2, 0.25) is 0 Å². The first-order chi connectivity index (χ1) is 13.9. The summed E-state index contributed by atoms with van der Waals surface area (Å²) in [6.07, 6.45) is 2.23. The Morgan fingerprint density at radius 1 is 1.38 bits per heavy atom. The number of aliphatic hydroxyl groups excluding tert-OH is 1. The Balaban J connectivity index is 1.76. The highest BCUT2D eigenvalue weighted by molar-refractivity contribution is 5.86. The lowest BCUT2D eigenvalue weighted by Crippen LogP contribution is -2.56. The van der Waals surface area contributed by atoms with Crippen molar-refractivity contribution >= 4 is 35.9 Å². The number of nitrogens with one attached hydrogen (secondary N) is 1. The number of hydrogen-bond donors (Lipinski definition) is 2. The van der Waals surface area contributed by atoms with E-state index in [9.17, 15) is 15.2 Å². The molecule has 8 nitrogen and oxygen atoms in total. The number of piperidine rings is 1. The third-order valence-electron chi connectivity index (χ3n) is 5.34. The first-order valence-electron chi connectivity index (χ1n) is 9.92. The molecule has 2 N–H and O–H groups in total. The molecule has 2 saturated heterocycles. The largest absolute Gasteiger partial charge is 0.390 e. The van der Waals surface area contributed by atoms with E-state index in [0.29, 0.717) is 49.0 Å². The van der Waals surface area contributed by atoms with Crippen LogP contribution in [-0.2, 0) is 4.79 Å². The molecule has 1 aromatic carbocycles. The van der Waals surface area contributed by atoms with Gasteiger partial charge in [-0.15, -0.1) is 0 Å². The Morgan fingerprint density at radius 2 is 2.14 bits per heavy atom. The summed E-state index contributed by atoms with van der Waals surface area (Å²) in [5.41, 5.74) is 2.45. The number of carbonyl (C=O) groups excluding carboxylic acids is 1. The lowest BCUT2D eigenvalue weighted by molar-refractivity contribution is -0.125. The van der Waals surface area contributed by atoms with Crippen molar-refractivity contribution in [3.8, 4) is 6.07 Å². The third kappa shape index (κ3) is 4.81. The molecule has 154 valence electrons. The van der Waals surface area contributed by atoms with Gasteiger partial charge in [0.2, 0.25) is 5.91 Å². The van der Waals surface area contributed by atoms with Gasteiger partial charge in [-0.1, -0.05) is 6.92 Å². The first kappa shape index (κ1) is 21.0. The van der Waals surface area contributed by atoms with Crippen molar-refractivity contribution in [3.05, 3.63) is 17.7 Å². The summed E-state index contributed by atoms with van der Waals surface area (Å²) in [5, 5.41) is 21.9. The molecule has 29 heavy (non-hydrogen) atoms. The van der Waals surface area contributed by atoms with Crippen LogP contribution in [0, 0.1) is 17.2 Å². The van der Waals surface area contributed by atoms with Gasteiger partial charge in [-0.05, 0) is 38.1 Å². The van der Waals surface area contributed by atoms with E-state index in [1.807, 2.05) is 11.0 Å². The number of carbonyl (C=O) groups is 1. The number of amides is 1. The van der Waals surface area contributed by atoms with Gasteiger partial charge in [0.1, 0.15) is 17.4 Å². The standard InChI is InChI=1S/C21H28N6O2/c1-4-24-20-15(8-22)5-6-18(21(20)23-3)27-9-14(2)7-16(10-27)25-19(29)13-26-11-17(28)12-26/h4-6,14,16-17,28H,3,7,9-13H2,1-2H3,(H,25,29)/b24-4-/t14-,16+/m0/s1. The molecular formula is C21H28N6O2. The van der Waals surface area contributed by atoms with Crippen LogP contribution in [0.15, 0.2) is 22.1 Å². The lowest BCUT2D eigenvalue weighted by atomic mass is 9.94. The second-order valence-electron chi connectivity index (χ2n) is 7.84. The van der Waals surface area contributed by atoms with Crippen LogP contribution in [0.4, 0.5) is 17.1 Å². The predicted octanol–water partition coefficient (Wildman–Crippen LogP) is 1.62. The number of β-amino-alcohol motifs (C(OH)–C–C–N with tert-alkyl or cyclic N) is 1. The van der Waals surface area contributed by atoms with Crippen LogP contribution in [0.3, 0.4) is 0 Å². The van der Waals surface area contributed by atoms with Gasteiger partial charge in [-0.25, -0.2) is 0 Å². The smallest absolute Gasteiger partial charge is 0.234 e. The highest BCUT2D eigenvalue weighted by atomic mass is 16.3. The van der Waals surface area contributed by atoms with Gasteiger partial charge in [0.25, 0.3) is 0 Å². The molecular weight excluding hydrogens is 368 g/mol. The number of hydrogen-bond acceptors (Lipinski definition) is 7. The molecule has 3 rings (SSSR count). The molecule has 0 radical (unpaired) electrons. The van der Waals surface area contributed by atoms with E-state index < -0.39 is 0 Å². The number of aliphatic imine (C=N–C) groups is 2. The van der Waals surface area contributed by atoms with Crippen LogP contribution < -0.4 is 10.2 Å². The van der Waals surface area contributed by atoms with E-state index in [1.165, 1.54) is 0 Å². The molecule has 0 spiro atoms. The summed E-state index contributed by atoms with van der Waals surface area (Å²) >= 11 is 0. The molecule has 0 unspecified atom stereocenters. The molecule has 0 saturated carbocycles. The molecule has 1 amide bonds. The van der Waals surface area contributed by atoms with Crippen LogP contribution in [0.1, 0.15) is 25.8 Å². The van der Waals surface area contributed by atoms with Gasteiger partial charge in [0, 0.05) is 38.4 Å². The van der Waals surface area contributed by atoms with Crippen molar-refractivity contribution < 1.29 is 9.90 Å². The van der Waals surface area contributed by atoms with Gasteiger partial charge < -0.3 is 15.3 Å². The second-order valence-corrected chi connectivity index (χ2v) is 7.84. The summed E-state index contributed by atoms with van der Waals surface area (Å²) in [6, 6.07) is 5.82. The van der Waals surface area contributed by atoms with E-state index in [1.54, 1.807) is 19.2 Å². The molecule has 2 aliphatic heterocycles. The van der Waals surface area contributed by atoms with Crippen molar-refractivity contribution in [3.63, 3.8) is 0 Å². The minimum atomic E-state index is -0.311. The fraction of sp³-hybridized carbons (Fsp3) is 0.524. The quantitative estimate of drug-likeness (QED) is 0.711. The Labute approximate surface area is 171 Å². The van der Waals surface area contributed by atoms with Gasteiger partial charge in [0.05, 0.1) is 23.9 Å². The van der Waals surface area contributed by atoms with Crippen molar-refractivity contribution in [2.24, 2.45) is 15.9 Å². The summed E-state index contributed by atoms with van der Waals surface area (Å²) < 4.78 is 0. The molecule has 2 heterocycles. The van der Waals surface area contributed by atoms with Crippen molar-refractivity contribution in [2.45, 2.75) is 32.4 Å². The maximum Gasteiger partial charge on any atom is 0.234 e. The number of rotatable bonds is 6. The van der Waals surface area contributed by atoms with Gasteiger partial charge in [-0.2, -0.15) is 5.26 Å². The average Bonchev–Trinajstić information content (AvgIpc) is 2.66.